The van der Waals surface area contributed by atoms with Crippen LogP contribution in [0.25, 0.3) is 116 Å². The highest BCUT2D eigenvalue weighted by Gasteiger charge is 2.25. The summed E-state index contributed by atoms with van der Waals surface area (Å²) in [7, 11) is 0. The number of nitriles is 2. The lowest BCUT2D eigenvalue weighted by molar-refractivity contribution is 1.13. The van der Waals surface area contributed by atoms with Crippen molar-refractivity contribution >= 4 is 65.4 Å². The number of rotatable bonds is 5. The van der Waals surface area contributed by atoms with Crippen molar-refractivity contribution in [2.24, 2.45) is 0 Å². The first-order valence-corrected chi connectivity index (χ1v) is 23.0. The van der Waals surface area contributed by atoms with Crippen LogP contribution in [0.1, 0.15) is 22.3 Å². The van der Waals surface area contributed by atoms with Gasteiger partial charge in [0.1, 0.15) is 6.07 Å². The highest BCUT2D eigenvalue weighted by molar-refractivity contribution is 6.26. The molecule has 0 aliphatic heterocycles. The van der Waals surface area contributed by atoms with Crippen molar-refractivity contribution in [1.82, 2.24) is 13.7 Å². The Labute approximate surface area is 391 Å². The highest BCUT2D eigenvalue weighted by Crippen LogP contribution is 2.46. The quantitative estimate of drug-likeness (QED) is 0.173. The van der Waals surface area contributed by atoms with Gasteiger partial charge in [-0.3, -0.25) is 0 Å². The second-order valence-electron chi connectivity index (χ2n) is 17.8. The normalized spacial score (nSPS) is 12.0. The summed E-state index contributed by atoms with van der Waals surface area (Å²) in [6.07, 6.45) is 0.881. The maximum atomic E-state index is 11.2. The zero-order chi connectivity index (χ0) is 45.0. The SMILES string of the molecule is N#Cc1ccccc1-c1cccc(-c2cc(-n3c4ccccc4c4cc5c(cc43)Cc3ccccc3-5)cc(-n3c4ccccc4c4c3ccc3c5ccccc5n(-c5ccccc5)c34)c2)c1C#N. The van der Waals surface area contributed by atoms with Crippen LogP contribution in [0.4, 0.5) is 0 Å². The summed E-state index contributed by atoms with van der Waals surface area (Å²) >= 11 is 0. The average molecular weight is 864 g/mol. The van der Waals surface area contributed by atoms with Crippen LogP contribution in [-0.4, -0.2) is 13.7 Å². The third-order valence-corrected chi connectivity index (χ3v) is 14.3. The lowest BCUT2D eigenvalue weighted by Gasteiger charge is -2.17. The molecule has 1 aliphatic carbocycles. The molecule has 0 bridgehead atoms. The summed E-state index contributed by atoms with van der Waals surface area (Å²) in [6, 6.07) is 80.3. The Morgan fingerprint density at radius 1 is 0.338 bits per heavy atom. The molecule has 3 aromatic heterocycles. The van der Waals surface area contributed by atoms with E-state index in [0.29, 0.717) is 11.1 Å². The zero-order valence-electron chi connectivity index (χ0n) is 36.7. The molecule has 68 heavy (non-hydrogen) atoms. The van der Waals surface area contributed by atoms with Gasteiger partial charge in [0.05, 0.1) is 50.3 Å². The number of nitrogens with zero attached hydrogens (tertiary/aromatic N) is 5. The predicted octanol–water partition coefficient (Wildman–Crippen LogP) is 15.6. The van der Waals surface area contributed by atoms with Crippen LogP contribution in [0.15, 0.2) is 212 Å². The van der Waals surface area contributed by atoms with E-state index in [4.69, 9.17) is 0 Å². The fraction of sp³-hybridized carbons (Fsp3) is 0.0159. The average Bonchev–Trinajstić information content (AvgIpc) is 4.14. The van der Waals surface area contributed by atoms with Crippen LogP contribution in [0.2, 0.25) is 0 Å². The molecule has 314 valence electrons. The van der Waals surface area contributed by atoms with Gasteiger partial charge in [-0.1, -0.05) is 140 Å². The Hall–Kier alpha value is -9.42. The molecule has 1 aliphatic rings. The first kappa shape index (κ1) is 37.9. The lowest BCUT2D eigenvalue weighted by atomic mass is 9.90. The standard InChI is InChI=1S/C63H37N5/c64-37-40-16-5-7-20-47(40)49-25-14-24-48(56(49)38-65)42-32-44(35-45(33-42)67-57-26-11-9-22-51(57)55-36-54-41(34-61(55)67)31-39-15-4-6-19-46(39)54)66-59-28-13-10-23-53(59)62-60(66)30-29-52-50-21-8-12-27-58(50)68(63(52)62)43-17-2-1-3-18-43/h1-30,32-36H,31H2. The van der Waals surface area contributed by atoms with E-state index in [1.54, 1.807) is 0 Å². The van der Waals surface area contributed by atoms with Crippen LogP contribution in [0.3, 0.4) is 0 Å². The molecule has 5 heteroatoms. The number of benzene rings is 10. The summed E-state index contributed by atoms with van der Waals surface area (Å²) < 4.78 is 7.25. The van der Waals surface area contributed by atoms with Gasteiger partial charge in [0.15, 0.2) is 0 Å². The van der Waals surface area contributed by atoms with Crippen LogP contribution in [0, 0.1) is 22.7 Å². The third kappa shape index (κ3) is 5.36. The van der Waals surface area contributed by atoms with Crippen molar-refractivity contribution in [2.75, 3.05) is 0 Å². The molecular weight excluding hydrogens is 827 g/mol. The molecule has 0 fully saturated rings. The first-order valence-electron chi connectivity index (χ1n) is 23.0. The van der Waals surface area contributed by atoms with Gasteiger partial charge in [0, 0.05) is 66.1 Å². The first-order chi connectivity index (χ1) is 33.7. The van der Waals surface area contributed by atoms with Crippen molar-refractivity contribution in [3.8, 4) is 62.6 Å². The second-order valence-corrected chi connectivity index (χ2v) is 17.8. The van der Waals surface area contributed by atoms with E-state index < -0.39 is 0 Å². The van der Waals surface area contributed by atoms with E-state index in [0.717, 1.165) is 84.2 Å². The van der Waals surface area contributed by atoms with E-state index >= 15 is 0 Å². The van der Waals surface area contributed by atoms with E-state index in [-0.39, 0.29) is 0 Å². The highest BCUT2D eigenvalue weighted by atomic mass is 15.0. The van der Waals surface area contributed by atoms with Gasteiger partial charge in [-0.05, 0) is 107 Å². The van der Waals surface area contributed by atoms with Crippen LogP contribution in [0.5, 0.6) is 0 Å². The molecule has 10 aromatic carbocycles. The van der Waals surface area contributed by atoms with Crippen molar-refractivity contribution in [2.45, 2.75) is 6.42 Å². The van der Waals surface area contributed by atoms with Crippen LogP contribution < -0.4 is 0 Å². The fourth-order valence-electron chi connectivity index (χ4n) is 11.5. The van der Waals surface area contributed by atoms with E-state index in [1.807, 2.05) is 42.5 Å². The monoisotopic (exact) mass is 863 g/mol. The molecular formula is C63H37N5. The Balaban J connectivity index is 1.11. The van der Waals surface area contributed by atoms with Gasteiger partial charge in [-0.25, -0.2) is 0 Å². The minimum absolute atomic E-state index is 0.521. The Morgan fingerprint density at radius 2 is 0.941 bits per heavy atom. The number of aromatic nitrogens is 3. The summed E-state index contributed by atoms with van der Waals surface area (Å²) in [5.74, 6) is 0. The second kappa shape index (κ2) is 14.5. The Morgan fingerprint density at radius 3 is 1.71 bits per heavy atom. The Bertz CT molecular complexity index is 4370. The summed E-state index contributed by atoms with van der Waals surface area (Å²) in [5.41, 5.74) is 19.3. The predicted molar refractivity (Wildman–Crippen MR) is 278 cm³/mol. The molecule has 13 aromatic rings. The summed E-state index contributed by atoms with van der Waals surface area (Å²) in [4.78, 5) is 0. The molecule has 0 saturated carbocycles. The van der Waals surface area contributed by atoms with Crippen LogP contribution in [-0.2, 0) is 6.42 Å². The van der Waals surface area contributed by atoms with Gasteiger partial charge in [0.25, 0.3) is 0 Å². The van der Waals surface area contributed by atoms with Crippen molar-refractivity contribution in [1.29, 1.82) is 10.5 Å². The van der Waals surface area contributed by atoms with Gasteiger partial charge in [-0.2, -0.15) is 10.5 Å². The minimum atomic E-state index is 0.521. The maximum absolute atomic E-state index is 11.2. The van der Waals surface area contributed by atoms with E-state index in [9.17, 15) is 10.5 Å². The van der Waals surface area contributed by atoms with Crippen LogP contribution >= 0.6 is 0 Å². The number of fused-ring (bicyclic) bond motifs is 13. The van der Waals surface area contributed by atoms with Gasteiger partial charge < -0.3 is 13.7 Å². The summed E-state index contributed by atoms with van der Waals surface area (Å²) in [5, 5.41) is 28.5. The van der Waals surface area contributed by atoms with Crippen molar-refractivity contribution in [3.63, 3.8) is 0 Å². The molecule has 0 radical (unpaired) electrons. The molecule has 0 N–H and O–H groups in total. The maximum Gasteiger partial charge on any atom is 0.100 e. The summed E-state index contributed by atoms with van der Waals surface area (Å²) in [6.45, 7) is 0. The molecule has 0 unspecified atom stereocenters. The van der Waals surface area contributed by atoms with E-state index in [2.05, 4.69) is 196 Å². The fourth-order valence-corrected chi connectivity index (χ4v) is 11.5. The minimum Gasteiger partial charge on any atom is -0.309 e. The number of hydrogen-bond donors (Lipinski definition) is 0. The van der Waals surface area contributed by atoms with E-state index in [1.165, 1.54) is 49.2 Å². The van der Waals surface area contributed by atoms with Crippen molar-refractivity contribution in [3.05, 3.63) is 235 Å². The smallest absolute Gasteiger partial charge is 0.100 e. The topological polar surface area (TPSA) is 62.4 Å². The van der Waals surface area contributed by atoms with Gasteiger partial charge in [-0.15, -0.1) is 0 Å². The molecule has 0 atom stereocenters. The molecule has 0 amide bonds. The third-order valence-electron chi connectivity index (χ3n) is 14.3. The van der Waals surface area contributed by atoms with Gasteiger partial charge >= 0.3 is 0 Å². The molecule has 3 heterocycles. The zero-order valence-corrected chi connectivity index (χ0v) is 36.7. The molecule has 5 nitrogen and oxygen atoms in total. The lowest BCUT2D eigenvalue weighted by Crippen LogP contribution is -2.01. The Kier molecular flexibility index (Phi) is 8.11. The molecule has 14 rings (SSSR count). The molecule has 0 saturated heterocycles. The van der Waals surface area contributed by atoms with Gasteiger partial charge in [0.2, 0.25) is 0 Å². The number of para-hydroxylation sites is 4. The van der Waals surface area contributed by atoms with Crippen molar-refractivity contribution < 1.29 is 0 Å². The molecule has 0 spiro atoms. The number of hydrogen-bond acceptors (Lipinski definition) is 2. The largest absolute Gasteiger partial charge is 0.309 e.